The molecule has 0 aliphatic carbocycles. The summed E-state index contributed by atoms with van der Waals surface area (Å²) in [5.41, 5.74) is -0.436. The van der Waals surface area contributed by atoms with Gasteiger partial charge in [-0.3, -0.25) is 0 Å². The van der Waals surface area contributed by atoms with Crippen LogP contribution in [0, 0.1) is 16.7 Å². The fraction of sp³-hybridized carbons (Fsp3) is 0.900. The summed E-state index contributed by atoms with van der Waals surface area (Å²) in [6, 6.07) is 2.25. The maximum Gasteiger partial charge on any atom is 0.0779 e. The Hall–Kier alpha value is -0.590. The summed E-state index contributed by atoms with van der Waals surface area (Å²) in [5.74, 6) is 0. The molecule has 3 nitrogen and oxygen atoms in total. The van der Waals surface area contributed by atoms with E-state index in [2.05, 4.69) is 6.07 Å². The van der Waals surface area contributed by atoms with Crippen molar-refractivity contribution in [3.8, 4) is 6.07 Å². The summed E-state index contributed by atoms with van der Waals surface area (Å²) in [4.78, 5) is 0. The number of ether oxygens (including phenoxy) is 2. The zero-order valence-electron chi connectivity index (χ0n) is 8.96. The average molecular weight is 185 g/mol. The number of hydrogen-bond acceptors (Lipinski definition) is 3. The van der Waals surface area contributed by atoms with E-state index >= 15 is 0 Å². The van der Waals surface area contributed by atoms with Crippen LogP contribution in [0.2, 0.25) is 0 Å². The van der Waals surface area contributed by atoms with Gasteiger partial charge in [0.2, 0.25) is 0 Å². The maximum absolute atomic E-state index is 8.92. The molecule has 0 aromatic rings. The van der Waals surface area contributed by atoms with Crippen LogP contribution in [0.3, 0.4) is 0 Å². The third-order valence-electron chi connectivity index (χ3n) is 2.05. The minimum Gasteiger partial charge on any atom is -0.385 e. The molecule has 0 saturated heterocycles. The van der Waals surface area contributed by atoms with Gasteiger partial charge in [-0.1, -0.05) is 0 Å². The third-order valence-corrected chi connectivity index (χ3v) is 2.05. The first-order valence-corrected chi connectivity index (χ1v) is 4.60. The first kappa shape index (κ1) is 12.4. The fourth-order valence-electron chi connectivity index (χ4n) is 1.15. The Kier molecular flexibility index (Phi) is 5.68. The summed E-state index contributed by atoms with van der Waals surface area (Å²) in [5, 5.41) is 8.92. The van der Waals surface area contributed by atoms with E-state index in [1.54, 1.807) is 7.11 Å². The smallest absolute Gasteiger partial charge is 0.0779 e. The lowest BCUT2D eigenvalue weighted by Crippen LogP contribution is -2.31. The van der Waals surface area contributed by atoms with Crippen LogP contribution in [0.5, 0.6) is 0 Å². The highest BCUT2D eigenvalue weighted by Gasteiger charge is 2.29. The quantitative estimate of drug-likeness (QED) is 0.635. The van der Waals surface area contributed by atoms with E-state index in [0.29, 0.717) is 13.2 Å². The van der Waals surface area contributed by atoms with E-state index in [1.165, 1.54) is 0 Å². The molecule has 0 unspecified atom stereocenters. The SMILES string of the molecule is CCO[C@@H](CCOC)C(C)(C)C#N. The molecule has 0 aromatic heterocycles. The molecule has 1 atom stereocenters. The van der Waals surface area contributed by atoms with Gasteiger partial charge in [0.15, 0.2) is 0 Å². The van der Waals surface area contributed by atoms with Crippen LogP contribution in [0.1, 0.15) is 27.2 Å². The summed E-state index contributed by atoms with van der Waals surface area (Å²) in [7, 11) is 1.66. The van der Waals surface area contributed by atoms with E-state index in [-0.39, 0.29) is 6.10 Å². The molecule has 0 amide bonds. The zero-order valence-corrected chi connectivity index (χ0v) is 8.96. The predicted octanol–water partition coefficient (Wildman–Crippen LogP) is 1.98. The molecule has 0 aliphatic heterocycles. The number of rotatable bonds is 6. The van der Waals surface area contributed by atoms with E-state index in [1.807, 2.05) is 20.8 Å². The highest BCUT2D eigenvalue weighted by Crippen LogP contribution is 2.24. The molecule has 0 aliphatic rings. The topological polar surface area (TPSA) is 42.2 Å². The van der Waals surface area contributed by atoms with Gasteiger partial charge < -0.3 is 9.47 Å². The second kappa shape index (κ2) is 5.95. The summed E-state index contributed by atoms with van der Waals surface area (Å²) < 4.78 is 10.5. The summed E-state index contributed by atoms with van der Waals surface area (Å²) in [6.07, 6.45) is 0.729. The highest BCUT2D eigenvalue weighted by atomic mass is 16.5. The molecule has 0 radical (unpaired) electrons. The number of nitrogens with zero attached hydrogens (tertiary/aromatic N) is 1. The number of nitriles is 1. The largest absolute Gasteiger partial charge is 0.385 e. The predicted molar refractivity (Wildman–Crippen MR) is 51.3 cm³/mol. The molecule has 0 N–H and O–H groups in total. The van der Waals surface area contributed by atoms with Crippen LogP contribution < -0.4 is 0 Å². The van der Waals surface area contributed by atoms with E-state index in [4.69, 9.17) is 14.7 Å². The van der Waals surface area contributed by atoms with E-state index in [9.17, 15) is 0 Å². The van der Waals surface area contributed by atoms with Crippen LogP contribution in [0.25, 0.3) is 0 Å². The Morgan fingerprint density at radius 3 is 2.46 bits per heavy atom. The van der Waals surface area contributed by atoms with Crippen molar-refractivity contribution in [3.05, 3.63) is 0 Å². The van der Waals surface area contributed by atoms with Crippen LogP contribution in [-0.2, 0) is 9.47 Å². The molecule has 13 heavy (non-hydrogen) atoms. The minimum atomic E-state index is -0.436. The van der Waals surface area contributed by atoms with Crippen LogP contribution >= 0.6 is 0 Å². The van der Waals surface area contributed by atoms with Crippen molar-refractivity contribution in [2.45, 2.75) is 33.3 Å². The van der Waals surface area contributed by atoms with Crippen molar-refractivity contribution < 1.29 is 9.47 Å². The van der Waals surface area contributed by atoms with Gasteiger partial charge in [0.05, 0.1) is 17.6 Å². The van der Waals surface area contributed by atoms with Gasteiger partial charge in [-0.2, -0.15) is 5.26 Å². The van der Waals surface area contributed by atoms with E-state index < -0.39 is 5.41 Å². The van der Waals surface area contributed by atoms with Gasteiger partial charge >= 0.3 is 0 Å². The van der Waals surface area contributed by atoms with Gasteiger partial charge in [0.1, 0.15) is 0 Å². The second-order valence-corrected chi connectivity index (χ2v) is 3.56. The van der Waals surface area contributed by atoms with Crippen molar-refractivity contribution in [1.82, 2.24) is 0 Å². The molecule has 76 valence electrons. The molecule has 0 bridgehead atoms. The lowest BCUT2D eigenvalue weighted by Gasteiger charge is -2.27. The lowest BCUT2D eigenvalue weighted by atomic mass is 9.86. The standard InChI is InChI=1S/C10H19NO2/c1-5-13-9(6-7-12-4)10(2,3)8-11/h9H,5-7H2,1-4H3/t9-/m0/s1. The molecule has 3 heteroatoms. The average Bonchev–Trinajstić information content (AvgIpc) is 2.12. The van der Waals surface area contributed by atoms with Crippen LogP contribution in [0.15, 0.2) is 0 Å². The fourth-order valence-corrected chi connectivity index (χ4v) is 1.15. The van der Waals surface area contributed by atoms with Crippen molar-refractivity contribution in [1.29, 1.82) is 5.26 Å². The Morgan fingerprint density at radius 2 is 2.08 bits per heavy atom. The van der Waals surface area contributed by atoms with Gasteiger partial charge in [-0.15, -0.1) is 0 Å². The third kappa shape index (κ3) is 4.25. The summed E-state index contributed by atoms with van der Waals surface area (Å²) >= 11 is 0. The van der Waals surface area contributed by atoms with Crippen molar-refractivity contribution in [3.63, 3.8) is 0 Å². The lowest BCUT2D eigenvalue weighted by molar-refractivity contribution is -0.0146. The van der Waals surface area contributed by atoms with Gasteiger partial charge in [0, 0.05) is 20.3 Å². The Bertz CT molecular complexity index is 172. The molecular weight excluding hydrogens is 166 g/mol. The van der Waals surface area contributed by atoms with Gasteiger partial charge in [-0.05, 0) is 27.2 Å². The first-order valence-electron chi connectivity index (χ1n) is 4.60. The number of hydrogen-bond donors (Lipinski definition) is 0. The zero-order chi connectivity index (χ0) is 10.3. The van der Waals surface area contributed by atoms with Crippen LogP contribution in [0.4, 0.5) is 0 Å². The normalized spacial score (nSPS) is 13.8. The summed E-state index contributed by atoms with van der Waals surface area (Å²) in [6.45, 7) is 6.99. The molecule has 0 saturated carbocycles. The van der Waals surface area contributed by atoms with Crippen LogP contribution in [-0.4, -0.2) is 26.4 Å². The molecular formula is C10H19NO2. The highest BCUT2D eigenvalue weighted by molar-refractivity contribution is 4.97. The van der Waals surface area contributed by atoms with Crippen molar-refractivity contribution in [2.75, 3.05) is 20.3 Å². The Morgan fingerprint density at radius 1 is 1.46 bits per heavy atom. The Labute approximate surface area is 80.6 Å². The molecule has 0 fully saturated rings. The van der Waals surface area contributed by atoms with Gasteiger partial charge in [-0.25, -0.2) is 0 Å². The number of methoxy groups -OCH3 is 1. The monoisotopic (exact) mass is 185 g/mol. The molecule has 0 heterocycles. The molecule has 0 rings (SSSR count). The minimum absolute atomic E-state index is 0.0394. The maximum atomic E-state index is 8.92. The van der Waals surface area contributed by atoms with Crippen molar-refractivity contribution >= 4 is 0 Å². The first-order chi connectivity index (χ1) is 6.08. The van der Waals surface area contributed by atoms with Gasteiger partial charge in [0.25, 0.3) is 0 Å². The van der Waals surface area contributed by atoms with Crippen molar-refractivity contribution in [2.24, 2.45) is 5.41 Å². The molecule has 0 aromatic carbocycles. The Balaban J connectivity index is 4.16. The second-order valence-electron chi connectivity index (χ2n) is 3.56. The molecule has 0 spiro atoms. The van der Waals surface area contributed by atoms with E-state index in [0.717, 1.165) is 6.42 Å².